The van der Waals surface area contributed by atoms with Gasteiger partial charge in [-0.05, 0) is 37.3 Å². The number of nitrogens with one attached hydrogen (secondary N) is 1. The van der Waals surface area contributed by atoms with Gasteiger partial charge in [-0.15, -0.1) is 0 Å². The molecular weight excluding hydrogens is 270 g/mol. The average molecular weight is 283 g/mol. The first-order valence-electron chi connectivity index (χ1n) is 7.14. The topological polar surface area (TPSA) is 52.5 Å². The predicted octanol–water partition coefficient (Wildman–Crippen LogP) is 4.56. The van der Waals surface area contributed by atoms with Crippen molar-refractivity contribution in [3.63, 3.8) is 0 Å². The summed E-state index contributed by atoms with van der Waals surface area (Å²) in [6, 6.07) is 18.1. The molecule has 0 aliphatic carbocycles. The van der Waals surface area contributed by atoms with Crippen molar-refractivity contribution >= 4 is 21.8 Å². The van der Waals surface area contributed by atoms with Crippen molar-refractivity contribution in [2.24, 2.45) is 0 Å². The molecule has 2 heterocycles. The summed E-state index contributed by atoms with van der Waals surface area (Å²) in [6.07, 6.45) is 1.84. The fraction of sp³-hybridized carbons (Fsp3) is 0.0526. The molecule has 0 saturated carbocycles. The van der Waals surface area contributed by atoms with Gasteiger partial charge in [-0.3, -0.25) is 4.98 Å². The lowest BCUT2D eigenvalue weighted by atomic mass is 10.1. The molecule has 22 heavy (non-hydrogen) atoms. The zero-order chi connectivity index (χ0) is 15.1. The minimum atomic E-state index is 0.656. The summed E-state index contributed by atoms with van der Waals surface area (Å²) >= 11 is 0. The molecule has 2 aromatic carbocycles. The smallest absolute Gasteiger partial charge is 0.0991 e. The van der Waals surface area contributed by atoms with Crippen LogP contribution in [-0.4, -0.2) is 9.97 Å². The van der Waals surface area contributed by atoms with Crippen LogP contribution in [0.15, 0.2) is 54.7 Å². The van der Waals surface area contributed by atoms with Crippen LogP contribution in [0.25, 0.3) is 33.1 Å². The van der Waals surface area contributed by atoms with Crippen LogP contribution >= 0.6 is 0 Å². The van der Waals surface area contributed by atoms with Crippen molar-refractivity contribution in [3.05, 3.63) is 65.9 Å². The van der Waals surface area contributed by atoms with E-state index in [0.717, 1.165) is 22.3 Å². The van der Waals surface area contributed by atoms with Gasteiger partial charge in [-0.25, -0.2) is 0 Å². The number of aromatic nitrogens is 2. The second kappa shape index (κ2) is 4.71. The Morgan fingerprint density at radius 1 is 1.00 bits per heavy atom. The maximum atomic E-state index is 8.92. The van der Waals surface area contributed by atoms with E-state index in [1.165, 1.54) is 16.3 Å². The van der Waals surface area contributed by atoms with Gasteiger partial charge < -0.3 is 4.98 Å². The van der Waals surface area contributed by atoms with Crippen molar-refractivity contribution in [2.75, 3.05) is 0 Å². The van der Waals surface area contributed by atoms with Crippen LogP contribution in [0.5, 0.6) is 0 Å². The summed E-state index contributed by atoms with van der Waals surface area (Å²) in [7, 11) is 0. The molecule has 0 bridgehead atoms. The predicted molar refractivity (Wildman–Crippen MR) is 88.5 cm³/mol. The zero-order valence-corrected chi connectivity index (χ0v) is 12.1. The average Bonchev–Trinajstić information content (AvgIpc) is 2.93. The van der Waals surface area contributed by atoms with Gasteiger partial charge in [0.05, 0.1) is 22.8 Å². The summed E-state index contributed by atoms with van der Waals surface area (Å²) in [5.41, 5.74) is 5.97. The highest BCUT2D eigenvalue weighted by molar-refractivity contribution is 6.11. The van der Waals surface area contributed by atoms with Crippen LogP contribution in [-0.2, 0) is 0 Å². The molecule has 4 aromatic rings. The molecule has 0 unspecified atom stereocenters. The number of nitrogens with zero attached hydrogens (tertiary/aromatic N) is 2. The molecule has 0 amide bonds. The summed E-state index contributed by atoms with van der Waals surface area (Å²) < 4.78 is 0. The molecule has 2 aromatic heterocycles. The van der Waals surface area contributed by atoms with E-state index < -0.39 is 0 Å². The highest BCUT2D eigenvalue weighted by atomic mass is 14.8. The van der Waals surface area contributed by atoms with Crippen molar-refractivity contribution in [2.45, 2.75) is 6.92 Å². The van der Waals surface area contributed by atoms with Crippen molar-refractivity contribution in [1.82, 2.24) is 9.97 Å². The molecule has 0 radical (unpaired) electrons. The summed E-state index contributed by atoms with van der Waals surface area (Å²) in [5.74, 6) is 0. The second-order valence-electron chi connectivity index (χ2n) is 5.45. The molecular formula is C19H13N3. The molecule has 0 spiro atoms. The van der Waals surface area contributed by atoms with Gasteiger partial charge in [-0.2, -0.15) is 5.26 Å². The lowest BCUT2D eigenvalue weighted by Gasteiger charge is -2.02. The standard InChI is InChI=1S/C19H13N3/c1-12-2-7-17-16(10-12)15-8-9-21-18(19(15)22-17)14-5-3-13(11-20)4-6-14/h2-10,22H,1H3. The van der Waals surface area contributed by atoms with E-state index in [9.17, 15) is 0 Å². The Morgan fingerprint density at radius 3 is 2.59 bits per heavy atom. The number of H-pyrrole nitrogens is 1. The number of hydrogen-bond donors (Lipinski definition) is 1. The van der Waals surface area contributed by atoms with Gasteiger partial charge >= 0.3 is 0 Å². The Labute approximate surface area is 127 Å². The molecule has 4 rings (SSSR count). The van der Waals surface area contributed by atoms with Gasteiger partial charge in [0, 0.05) is 28.0 Å². The highest BCUT2D eigenvalue weighted by Gasteiger charge is 2.10. The first kappa shape index (κ1) is 12.6. The third kappa shape index (κ3) is 1.86. The molecule has 1 N–H and O–H groups in total. The number of aromatic amines is 1. The molecule has 3 heteroatoms. The Hall–Kier alpha value is -3.12. The van der Waals surface area contributed by atoms with E-state index >= 15 is 0 Å². The van der Waals surface area contributed by atoms with Gasteiger partial charge in [0.25, 0.3) is 0 Å². The van der Waals surface area contributed by atoms with Crippen molar-refractivity contribution < 1.29 is 0 Å². The minimum absolute atomic E-state index is 0.656. The highest BCUT2D eigenvalue weighted by Crippen LogP contribution is 2.32. The fourth-order valence-corrected chi connectivity index (χ4v) is 2.86. The van der Waals surface area contributed by atoms with Crippen molar-refractivity contribution in [1.29, 1.82) is 5.26 Å². The Bertz CT molecular complexity index is 1030. The number of aryl methyl sites for hydroxylation is 1. The zero-order valence-electron chi connectivity index (χ0n) is 12.1. The largest absolute Gasteiger partial charge is 0.353 e. The number of hydrogen-bond acceptors (Lipinski definition) is 2. The summed E-state index contributed by atoms with van der Waals surface area (Å²) in [6.45, 7) is 2.10. The molecule has 0 aliphatic heterocycles. The van der Waals surface area contributed by atoms with Gasteiger partial charge in [0.1, 0.15) is 0 Å². The number of fused-ring (bicyclic) bond motifs is 3. The SMILES string of the molecule is Cc1ccc2[nH]c3c(-c4ccc(C#N)cc4)nccc3c2c1. The molecule has 0 atom stereocenters. The maximum Gasteiger partial charge on any atom is 0.0991 e. The van der Waals surface area contributed by atoms with Gasteiger partial charge in [0.2, 0.25) is 0 Å². The monoisotopic (exact) mass is 283 g/mol. The minimum Gasteiger partial charge on any atom is -0.353 e. The molecule has 0 saturated heterocycles. The quantitative estimate of drug-likeness (QED) is 0.556. The van der Waals surface area contributed by atoms with E-state index in [-0.39, 0.29) is 0 Å². The molecule has 104 valence electrons. The van der Waals surface area contributed by atoms with E-state index in [2.05, 4.69) is 41.2 Å². The summed E-state index contributed by atoms with van der Waals surface area (Å²) in [4.78, 5) is 8.01. The third-order valence-corrected chi connectivity index (χ3v) is 3.96. The van der Waals surface area contributed by atoms with E-state index in [0.29, 0.717) is 5.56 Å². The molecule has 0 fully saturated rings. The lowest BCUT2D eigenvalue weighted by molar-refractivity contribution is 1.34. The number of benzene rings is 2. The fourth-order valence-electron chi connectivity index (χ4n) is 2.86. The van der Waals surface area contributed by atoms with E-state index in [1.54, 1.807) is 0 Å². The summed E-state index contributed by atoms with van der Waals surface area (Å²) in [5, 5.41) is 11.3. The normalized spacial score (nSPS) is 10.9. The second-order valence-corrected chi connectivity index (χ2v) is 5.45. The Balaban J connectivity index is 2.01. The van der Waals surface area contributed by atoms with Crippen LogP contribution < -0.4 is 0 Å². The van der Waals surface area contributed by atoms with Gasteiger partial charge in [-0.1, -0.05) is 23.8 Å². The first-order valence-corrected chi connectivity index (χ1v) is 7.14. The molecule has 3 nitrogen and oxygen atoms in total. The van der Waals surface area contributed by atoms with Gasteiger partial charge in [0.15, 0.2) is 0 Å². The lowest BCUT2D eigenvalue weighted by Crippen LogP contribution is -1.85. The van der Waals surface area contributed by atoms with Crippen LogP contribution in [0.3, 0.4) is 0 Å². The first-order chi connectivity index (χ1) is 10.8. The molecule has 0 aliphatic rings. The van der Waals surface area contributed by atoms with E-state index in [1.807, 2.05) is 36.5 Å². The Morgan fingerprint density at radius 2 is 1.82 bits per heavy atom. The maximum absolute atomic E-state index is 8.92. The number of rotatable bonds is 1. The van der Waals surface area contributed by atoms with Crippen LogP contribution in [0, 0.1) is 18.3 Å². The van der Waals surface area contributed by atoms with E-state index in [4.69, 9.17) is 5.26 Å². The van der Waals surface area contributed by atoms with Crippen LogP contribution in [0.4, 0.5) is 0 Å². The third-order valence-electron chi connectivity index (χ3n) is 3.96. The van der Waals surface area contributed by atoms with Crippen LogP contribution in [0.2, 0.25) is 0 Å². The van der Waals surface area contributed by atoms with Crippen LogP contribution in [0.1, 0.15) is 11.1 Å². The number of pyridine rings is 1. The Kier molecular flexibility index (Phi) is 2.70. The number of nitriles is 1. The van der Waals surface area contributed by atoms with Crippen molar-refractivity contribution in [3.8, 4) is 17.3 Å².